The van der Waals surface area contributed by atoms with Gasteiger partial charge in [0.25, 0.3) is 0 Å². The van der Waals surface area contributed by atoms with E-state index < -0.39 is 10.0 Å². The van der Waals surface area contributed by atoms with E-state index in [-0.39, 0.29) is 10.9 Å². The van der Waals surface area contributed by atoms with Gasteiger partial charge in [-0.1, -0.05) is 6.07 Å². The van der Waals surface area contributed by atoms with E-state index in [0.717, 1.165) is 16.9 Å². The average molecular weight is 377 g/mol. The third-order valence-electron chi connectivity index (χ3n) is 3.67. The summed E-state index contributed by atoms with van der Waals surface area (Å²) >= 11 is 0. The minimum atomic E-state index is -3.75. The molecule has 0 heterocycles. The molecule has 0 bridgehead atoms. The minimum absolute atomic E-state index is 0.00861. The fourth-order valence-corrected chi connectivity index (χ4v) is 2.88. The van der Waals surface area contributed by atoms with Crippen LogP contribution in [-0.4, -0.2) is 39.5 Å². The van der Waals surface area contributed by atoms with Crippen molar-refractivity contribution in [3.05, 3.63) is 53.6 Å². The zero-order chi connectivity index (χ0) is 19.3. The van der Waals surface area contributed by atoms with E-state index in [0.29, 0.717) is 18.8 Å². The summed E-state index contributed by atoms with van der Waals surface area (Å²) in [6, 6.07) is 11.3. The van der Waals surface area contributed by atoms with Crippen LogP contribution in [0.25, 0.3) is 0 Å². The van der Waals surface area contributed by atoms with Crippen LogP contribution in [0, 0.1) is 13.8 Å². The molecule has 26 heavy (non-hydrogen) atoms. The molecular formula is C18H23N3O4S. The highest BCUT2D eigenvalue weighted by molar-refractivity contribution is 7.89. The molecule has 0 atom stereocenters. The lowest BCUT2D eigenvalue weighted by Gasteiger charge is -2.18. The maximum absolute atomic E-state index is 12.2. The zero-order valence-corrected chi connectivity index (χ0v) is 15.8. The molecule has 0 radical (unpaired) electrons. The van der Waals surface area contributed by atoms with Gasteiger partial charge in [0.15, 0.2) is 0 Å². The van der Waals surface area contributed by atoms with E-state index in [1.165, 1.54) is 29.2 Å². The van der Waals surface area contributed by atoms with Crippen LogP contribution in [0.15, 0.2) is 47.4 Å². The standard InChI is InChI=1S/C18H23N3O4S/c1-13-10-14(2)12-16(11-13)25-9-8-21(3)18(22)20-15-4-6-17(7-5-15)26(19,23)24/h4-7,10-12H,8-9H2,1-3H3,(H,20,22)(H2,19,23,24). The Morgan fingerprint density at radius 1 is 1.12 bits per heavy atom. The van der Waals surface area contributed by atoms with Crippen LogP contribution in [0.5, 0.6) is 5.75 Å². The van der Waals surface area contributed by atoms with E-state index in [4.69, 9.17) is 9.88 Å². The Morgan fingerprint density at radius 2 is 1.69 bits per heavy atom. The molecule has 0 aromatic heterocycles. The predicted molar refractivity (Wildman–Crippen MR) is 101 cm³/mol. The highest BCUT2D eigenvalue weighted by Gasteiger charge is 2.11. The number of nitrogens with two attached hydrogens (primary N) is 1. The van der Waals surface area contributed by atoms with Gasteiger partial charge in [-0.25, -0.2) is 18.4 Å². The number of nitrogens with one attached hydrogen (secondary N) is 1. The van der Waals surface area contributed by atoms with Gasteiger partial charge in [-0.2, -0.15) is 0 Å². The molecule has 2 aromatic carbocycles. The normalized spacial score (nSPS) is 11.1. The Labute approximate surface area is 153 Å². The van der Waals surface area contributed by atoms with Crippen molar-refractivity contribution >= 4 is 21.7 Å². The Balaban J connectivity index is 1.85. The molecule has 0 aliphatic heterocycles. The first-order valence-electron chi connectivity index (χ1n) is 8.01. The smallest absolute Gasteiger partial charge is 0.321 e. The molecule has 7 nitrogen and oxygen atoms in total. The molecular weight excluding hydrogens is 354 g/mol. The first-order valence-corrected chi connectivity index (χ1v) is 9.56. The van der Waals surface area contributed by atoms with Crippen LogP contribution in [0.3, 0.4) is 0 Å². The Bertz CT molecular complexity index is 860. The number of rotatable bonds is 6. The van der Waals surface area contributed by atoms with Crippen LogP contribution in [-0.2, 0) is 10.0 Å². The Kier molecular flexibility index (Phi) is 6.23. The molecule has 0 fully saturated rings. The number of carbonyl (C=O) groups is 1. The number of urea groups is 1. The second-order valence-electron chi connectivity index (χ2n) is 6.09. The number of amides is 2. The molecule has 140 valence electrons. The summed E-state index contributed by atoms with van der Waals surface area (Å²) in [6.07, 6.45) is 0. The number of nitrogens with zero attached hydrogens (tertiary/aromatic N) is 1. The maximum Gasteiger partial charge on any atom is 0.321 e. The fraction of sp³-hybridized carbons (Fsp3) is 0.278. The number of ether oxygens (including phenoxy) is 1. The topological polar surface area (TPSA) is 102 Å². The summed E-state index contributed by atoms with van der Waals surface area (Å²) in [6.45, 7) is 4.76. The number of sulfonamides is 1. The average Bonchev–Trinajstić information content (AvgIpc) is 2.53. The first kappa shape index (κ1) is 19.7. The summed E-state index contributed by atoms with van der Waals surface area (Å²) in [5, 5.41) is 7.72. The van der Waals surface area contributed by atoms with Gasteiger partial charge < -0.3 is 15.0 Å². The highest BCUT2D eigenvalue weighted by atomic mass is 32.2. The van der Waals surface area contributed by atoms with Crippen LogP contribution in [0.4, 0.5) is 10.5 Å². The fourth-order valence-electron chi connectivity index (χ4n) is 2.37. The number of aryl methyl sites for hydroxylation is 2. The molecule has 0 saturated carbocycles. The summed E-state index contributed by atoms with van der Waals surface area (Å²) in [5.41, 5.74) is 2.72. The van der Waals surface area contributed by atoms with Gasteiger partial charge in [-0.3, -0.25) is 0 Å². The molecule has 0 unspecified atom stereocenters. The van der Waals surface area contributed by atoms with E-state index in [9.17, 15) is 13.2 Å². The SMILES string of the molecule is Cc1cc(C)cc(OCCN(C)C(=O)Nc2ccc(S(N)(=O)=O)cc2)c1. The second-order valence-corrected chi connectivity index (χ2v) is 7.65. The molecule has 3 N–H and O–H groups in total. The number of benzene rings is 2. The highest BCUT2D eigenvalue weighted by Crippen LogP contribution is 2.16. The third-order valence-corrected chi connectivity index (χ3v) is 4.60. The van der Waals surface area contributed by atoms with Crippen molar-refractivity contribution in [1.29, 1.82) is 0 Å². The number of likely N-dealkylation sites (N-methyl/N-ethyl adjacent to an activating group) is 1. The van der Waals surface area contributed by atoms with Crippen LogP contribution in [0.1, 0.15) is 11.1 Å². The molecule has 8 heteroatoms. The predicted octanol–water partition coefficient (Wildman–Crippen LogP) is 2.49. The number of hydrogen-bond acceptors (Lipinski definition) is 4. The van der Waals surface area contributed by atoms with E-state index in [2.05, 4.69) is 11.4 Å². The van der Waals surface area contributed by atoms with Crippen molar-refractivity contribution in [2.45, 2.75) is 18.7 Å². The monoisotopic (exact) mass is 377 g/mol. The number of carbonyl (C=O) groups excluding carboxylic acids is 1. The van der Waals surface area contributed by atoms with Crippen LogP contribution < -0.4 is 15.2 Å². The maximum atomic E-state index is 12.2. The molecule has 2 amide bonds. The number of anilines is 1. The Morgan fingerprint density at radius 3 is 2.23 bits per heavy atom. The molecule has 0 spiro atoms. The Hall–Kier alpha value is -2.58. The zero-order valence-electron chi connectivity index (χ0n) is 15.0. The quantitative estimate of drug-likeness (QED) is 0.807. The first-order chi connectivity index (χ1) is 12.1. The second kappa shape index (κ2) is 8.20. The molecule has 0 aliphatic rings. The van der Waals surface area contributed by atoms with Gasteiger partial charge in [-0.15, -0.1) is 0 Å². The number of primary sulfonamides is 1. The van der Waals surface area contributed by atoms with Crippen molar-refractivity contribution in [2.24, 2.45) is 5.14 Å². The molecule has 2 rings (SSSR count). The number of hydrogen-bond donors (Lipinski definition) is 2. The van der Waals surface area contributed by atoms with Crippen molar-refractivity contribution in [1.82, 2.24) is 4.90 Å². The summed E-state index contributed by atoms with van der Waals surface area (Å²) in [7, 11) is -2.10. The van der Waals surface area contributed by atoms with Crippen molar-refractivity contribution in [3.8, 4) is 5.75 Å². The summed E-state index contributed by atoms with van der Waals surface area (Å²) < 4.78 is 28.1. The van der Waals surface area contributed by atoms with E-state index >= 15 is 0 Å². The lowest BCUT2D eigenvalue weighted by Crippen LogP contribution is -2.34. The largest absolute Gasteiger partial charge is 0.492 e. The molecule has 0 aliphatic carbocycles. The summed E-state index contributed by atoms with van der Waals surface area (Å²) in [4.78, 5) is 13.6. The molecule has 0 saturated heterocycles. The van der Waals surface area contributed by atoms with Gasteiger partial charge in [0.2, 0.25) is 10.0 Å². The van der Waals surface area contributed by atoms with Gasteiger partial charge in [-0.05, 0) is 61.4 Å². The van der Waals surface area contributed by atoms with Crippen molar-refractivity contribution in [2.75, 3.05) is 25.5 Å². The van der Waals surface area contributed by atoms with Gasteiger partial charge in [0.05, 0.1) is 11.4 Å². The van der Waals surface area contributed by atoms with Crippen LogP contribution in [0.2, 0.25) is 0 Å². The third kappa shape index (κ3) is 5.75. The lowest BCUT2D eigenvalue weighted by atomic mass is 10.1. The van der Waals surface area contributed by atoms with E-state index in [1.54, 1.807) is 7.05 Å². The molecule has 2 aromatic rings. The summed E-state index contributed by atoms with van der Waals surface area (Å²) in [5.74, 6) is 0.773. The van der Waals surface area contributed by atoms with Gasteiger partial charge >= 0.3 is 6.03 Å². The van der Waals surface area contributed by atoms with Crippen molar-refractivity contribution < 1.29 is 17.9 Å². The van der Waals surface area contributed by atoms with E-state index in [1.807, 2.05) is 26.0 Å². The minimum Gasteiger partial charge on any atom is -0.492 e. The lowest BCUT2D eigenvalue weighted by molar-refractivity contribution is 0.207. The van der Waals surface area contributed by atoms with Gasteiger partial charge in [0, 0.05) is 12.7 Å². The van der Waals surface area contributed by atoms with Crippen molar-refractivity contribution in [3.63, 3.8) is 0 Å². The van der Waals surface area contributed by atoms with Gasteiger partial charge in [0.1, 0.15) is 12.4 Å². The van der Waals surface area contributed by atoms with Crippen LogP contribution >= 0.6 is 0 Å².